The van der Waals surface area contributed by atoms with E-state index in [4.69, 9.17) is 0 Å². The molecule has 0 aliphatic carbocycles. The van der Waals surface area contributed by atoms with E-state index in [-0.39, 0.29) is 11.6 Å². The highest BCUT2D eigenvalue weighted by Gasteiger charge is 2.21. The van der Waals surface area contributed by atoms with E-state index in [9.17, 15) is 9.18 Å². The molecule has 0 saturated carbocycles. The number of rotatable bonds is 6. The second-order valence-corrected chi connectivity index (χ2v) is 7.32. The Morgan fingerprint density at radius 3 is 2.28 bits per heavy atom. The number of nitrogens with one attached hydrogen (secondary N) is 1. The van der Waals surface area contributed by atoms with Crippen LogP contribution in [0.25, 0.3) is 10.8 Å². The van der Waals surface area contributed by atoms with Crippen LogP contribution in [-0.2, 0) is 6.42 Å². The van der Waals surface area contributed by atoms with Crippen molar-refractivity contribution in [3.63, 3.8) is 0 Å². The molecule has 29 heavy (non-hydrogen) atoms. The summed E-state index contributed by atoms with van der Waals surface area (Å²) >= 11 is 0. The van der Waals surface area contributed by atoms with Gasteiger partial charge < -0.3 is 5.32 Å². The molecule has 3 heteroatoms. The summed E-state index contributed by atoms with van der Waals surface area (Å²) in [5, 5.41) is 5.51. The van der Waals surface area contributed by atoms with Gasteiger partial charge in [0.1, 0.15) is 5.82 Å². The molecule has 4 rings (SSSR count). The van der Waals surface area contributed by atoms with E-state index in [1.165, 1.54) is 12.1 Å². The zero-order chi connectivity index (χ0) is 20.2. The minimum absolute atomic E-state index is 0.0145. The van der Waals surface area contributed by atoms with Crippen molar-refractivity contribution < 1.29 is 9.18 Å². The molecule has 0 unspecified atom stereocenters. The lowest BCUT2D eigenvalue weighted by atomic mass is 9.95. The van der Waals surface area contributed by atoms with Crippen LogP contribution < -0.4 is 5.32 Å². The Labute approximate surface area is 170 Å². The third-order valence-electron chi connectivity index (χ3n) is 5.10. The normalized spacial score (nSPS) is 11.9. The molecule has 0 fully saturated rings. The average Bonchev–Trinajstić information content (AvgIpc) is 2.75. The molecule has 1 N–H and O–H groups in total. The summed E-state index contributed by atoms with van der Waals surface area (Å²) in [6.45, 7) is 2.03. The van der Waals surface area contributed by atoms with Crippen molar-refractivity contribution in [2.45, 2.75) is 19.4 Å². The van der Waals surface area contributed by atoms with Crippen molar-refractivity contribution in [2.24, 2.45) is 0 Å². The van der Waals surface area contributed by atoms with Crippen LogP contribution in [0, 0.1) is 12.7 Å². The monoisotopic (exact) mass is 383 g/mol. The Hall–Kier alpha value is -3.46. The second-order valence-electron chi connectivity index (χ2n) is 7.32. The van der Waals surface area contributed by atoms with Crippen molar-refractivity contribution in [3.05, 3.63) is 114 Å². The third-order valence-corrected chi connectivity index (χ3v) is 5.10. The number of ketones is 1. The number of hydrogen-bond donors (Lipinski definition) is 1. The lowest BCUT2D eigenvalue weighted by molar-refractivity contribution is 0.0969. The Morgan fingerprint density at radius 1 is 0.862 bits per heavy atom. The average molecular weight is 383 g/mol. The van der Waals surface area contributed by atoms with E-state index in [1.807, 2.05) is 73.7 Å². The van der Waals surface area contributed by atoms with Crippen LogP contribution >= 0.6 is 0 Å². The number of hydrogen-bond acceptors (Lipinski definition) is 2. The molecule has 0 aliphatic rings. The zero-order valence-corrected chi connectivity index (χ0v) is 16.2. The molecule has 0 spiro atoms. The van der Waals surface area contributed by atoms with E-state index in [0.717, 1.165) is 27.6 Å². The molecule has 0 saturated heterocycles. The highest BCUT2D eigenvalue weighted by molar-refractivity contribution is 6.04. The van der Waals surface area contributed by atoms with Crippen molar-refractivity contribution in [1.82, 2.24) is 0 Å². The summed E-state index contributed by atoms with van der Waals surface area (Å²) in [6, 6.07) is 27.6. The lowest BCUT2D eigenvalue weighted by Crippen LogP contribution is -2.32. The van der Waals surface area contributed by atoms with E-state index in [1.54, 1.807) is 12.1 Å². The first-order chi connectivity index (χ1) is 14.1. The first-order valence-electron chi connectivity index (χ1n) is 9.69. The molecule has 2 nitrogen and oxygen atoms in total. The minimum atomic E-state index is -0.454. The number of benzene rings is 4. The fourth-order valence-corrected chi connectivity index (χ4v) is 3.46. The van der Waals surface area contributed by atoms with Crippen LogP contribution in [0.3, 0.4) is 0 Å². The van der Waals surface area contributed by atoms with Gasteiger partial charge in [-0.3, -0.25) is 4.79 Å². The number of Topliss-reactive ketones (excluding diaryl/α,β-unsaturated/α-hetero) is 1. The van der Waals surface area contributed by atoms with E-state index in [2.05, 4.69) is 5.32 Å². The molecule has 1 atom stereocenters. The van der Waals surface area contributed by atoms with Crippen molar-refractivity contribution in [1.29, 1.82) is 0 Å². The first kappa shape index (κ1) is 18.9. The van der Waals surface area contributed by atoms with Gasteiger partial charge >= 0.3 is 0 Å². The molecule has 0 bridgehead atoms. The number of aryl methyl sites for hydroxylation is 1. The van der Waals surface area contributed by atoms with Crippen molar-refractivity contribution in [3.8, 4) is 0 Å². The maximum atomic E-state index is 13.4. The fraction of sp³-hybridized carbons (Fsp3) is 0.115. The van der Waals surface area contributed by atoms with Crippen LogP contribution in [0.5, 0.6) is 0 Å². The predicted molar refractivity (Wildman–Crippen MR) is 117 cm³/mol. The maximum Gasteiger partial charge on any atom is 0.185 e. The van der Waals surface area contributed by atoms with Gasteiger partial charge in [-0.15, -0.1) is 0 Å². The van der Waals surface area contributed by atoms with Crippen molar-refractivity contribution in [2.75, 3.05) is 5.32 Å². The topological polar surface area (TPSA) is 29.1 Å². The van der Waals surface area contributed by atoms with E-state index in [0.29, 0.717) is 12.0 Å². The number of fused-ring (bicyclic) bond motifs is 1. The SMILES string of the molecule is Cc1ccc(N[C@@H](Cc2ccc(F)cc2)C(=O)c2ccc3ccccc3c2)cc1. The number of carbonyl (C=O) groups excluding carboxylic acids is 1. The Morgan fingerprint density at radius 2 is 1.55 bits per heavy atom. The Kier molecular flexibility index (Phi) is 5.39. The van der Waals surface area contributed by atoms with E-state index >= 15 is 0 Å². The van der Waals surface area contributed by atoms with E-state index < -0.39 is 6.04 Å². The van der Waals surface area contributed by atoms with Gasteiger partial charge in [0.15, 0.2) is 5.78 Å². The molecule has 4 aromatic rings. The fourth-order valence-electron chi connectivity index (χ4n) is 3.46. The van der Waals surface area contributed by atoms with Crippen molar-refractivity contribution >= 4 is 22.2 Å². The highest BCUT2D eigenvalue weighted by atomic mass is 19.1. The summed E-state index contributed by atoms with van der Waals surface area (Å²) < 4.78 is 13.3. The summed E-state index contributed by atoms with van der Waals surface area (Å²) in [6.07, 6.45) is 0.472. The smallest absolute Gasteiger partial charge is 0.185 e. The summed E-state index contributed by atoms with van der Waals surface area (Å²) in [5.41, 5.74) is 3.61. The molecule has 0 aromatic heterocycles. The first-order valence-corrected chi connectivity index (χ1v) is 9.69. The van der Waals surface area contributed by atoms with Gasteiger partial charge in [0.2, 0.25) is 0 Å². The molecule has 0 heterocycles. The Balaban J connectivity index is 1.65. The standard InChI is InChI=1S/C26H22FNO/c1-18-6-14-24(15-7-18)28-25(16-19-8-12-23(27)13-9-19)26(29)22-11-10-20-4-2-3-5-21(20)17-22/h2-15,17,25,28H,16H2,1H3/t25-/m0/s1. The second kappa shape index (κ2) is 8.27. The van der Waals surface area contributed by atoms with Gasteiger partial charge in [-0.1, -0.05) is 66.2 Å². The van der Waals surface area contributed by atoms with Crippen LogP contribution in [0.4, 0.5) is 10.1 Å². The molecule has 0 radical (unpaired) electrons. The molecule has 4 aromatic carbocycles. The lowest BCUT2D eigenvalue weighted by Gasteiger charge is -2.20. The van der Waals surface area contributed by atoms with Crippen LogP contribution in [-0.4, -0.2) is 11.8 Å². The van der Waals surface area contributed by atoms with Crippen LogP contribution in [0.1, 0.15) is 21.5 Å². The van der Waals surface area contributed by atoms with Gasteiger partial charge in [-0.25, -0.2) is 4.39 Å². The molecular weight excluding hydrogens is 361 g/mol. The largest absolute Gasteiger partial charge is 0.375 e. The highest BCUT2D eigenvalue weighted by Crippen LogP contribution is 2.20. The maximum absolute atomic E-state index is 13.4. The molecule has 0 amide bonds. The van der Waals surface area contributed by atoms with Gasteiger partial charge in [-0.2, -0.15) is 0 Å². The van der Waals surface area contributed by atoms with Gasteiger partial charge in [-0.05, 0) is 53.6 Å². The molecule has 0 aliphatic heterocycles. The third kappa shape index (κ3) is 4.52. The number of carbonyl (C=O) groups is 1. The molecule has 144 valence electrons. The quantitative estimate of drug-likeness (QED) is 0.402. The summed E-state index contributed by atoms with van der Waals surface area (Å²) in [7, 11) is 0. The van der Waals surface area contributed by atoms with Gasteiger partial charge in [0, 0.05) is 17.7 Å². The predicted octanol–water partition coefficient (Wildman–Crippen LogP) is 6.19. The van der Waals surface area contributed by atoms with Gasteiger partial charge in [0.25, 0.3) is 0 Å². The number of halogens is 1. The van der Waals surface area contributed by atoms with Gasteiger partial charge in [0.05, 0.1) is 6.04 Å². The summed E-state index contributed by atoms with van der Waals surface area (Å²) in [5.74, 6) is -0.265. The summed E-state index contributed by atoms with van der Waals surface area (Å²) in [4.78, 5) is 13.4. The number of anilines is 1. The minimum Gasteiger partial charge on any atom is -0.375 e. The Bertz CT molecular complexity index is 1090. The van der Waals surface area contributed by atoms with Crippen LogP contribution in [0.15, 0.2) is 91.0 Å². The molecular formula is C26H22FNO. The van der Waals surface area contributed by atoms with Crippen LogP contribution in [0.2, 0.25) is 0 Å². The zero-order valence-electron chi connectivity index (χ0n) is 16.2.